The van der Waals surface area contributed by atoms with E-state index < -0.39 is 17.5 Å². The maximum Gasteiger partial charge on any atom is 0.344 e. The molecule has 1 amide bonds. The number of hydrogen-bond acceptors (Lipinski definition) is 7. The number of rotatable bonds is 8. The van der Waals surface area contributed by atoms with E-state index in [2.05, 4.69) is 11.9 Å². The molecule has 8 nitrogen and oxygen atoms in total. The fourth-order valence-electron chi connectivity index (χ4n) is 3.54. The van der Waals surface area contributed by atoms with Crippen LogP contribution in [0.5, 0.6) is 11.6 Å². The Morgan fingerprint density at radius 2 is 1.65 bits per heavy atom. The Kier molecular flexibility index (Phi) is 6.89. The summed E-state index contributed by atoms with van der Waals surface area (Å²) in [5, 5.41) is 0. The second-order valence-corrected chi connectivity index (χ2v) is 6.98. The zero-order chi connectivity index (χ0) is 22.4. The Hall–Kier alpha value is -3.42. The Labute approximate surface area is 181 Å². The van der Waals surface area contributed by atoms with E-state index in [4.69, 9.17) is 14.2 Å². The van der Waals surface area contributed by atoms with Gasteiger partial charge >= 0.3 is 11.9 Å². The highest BCUT2D eigenvalue weighted by atomic mass is 16.6. The predicted molar refractivity (Wildman–Crippen MR) is 113 cm³/mol. The molecule has 2 aromatic rings. The number of anilines is 1. The molecule has 0 unspecified atom stereocenters. The van der Waals surface area contributed by atoms with Gasteiger partial charge in [-0.3, -0.25) is 9.69 Å². The van der Waals surface area contributed by atoms with E-state index in [0.29, 0.717) is 11.6 Å². The van der Waals surface area contributed by atoms with Crippen LogP contribution >= 0.6 is 0 Å². The monoisotopic (exact) mass is 426 g/mol. The van der Waals surface area contributed by atoms with Gasteiger partial charge in [-0.1, -0.05) is 19.1 Å². The van der Waals surface area contributed by atoms with Crippen LogP contribution in [0, 0.1) is 0 Å². The number of pyridine rings is 1. The highest BCUT2D eigenvalue weighted by molar-refractivity contribution is 6.18. The number of amides is 1. The summed E-state index contributed by atoms with van der Waals surface area (Å²) in [4.78, 5) is 43.7. The molecule has 0 radical (unpaired) electrons. The first kappa shape index (κ1) is 22.3. The molecule has 1 aliphatic heterocycles. The summed E-state index contributed by atoms with van der Waals surface area (Å²) in [6.07, 6.45) is 2.32. The van der Waals surface area contributed by atoms with Crippen molar-refractivity contribution in [2.45, 2.75) is 45.6 Å². The summed E-state index contributed by atoms with van der Waals surface area (Å²) in [5.41, 5.74) is -0.377. The van der Waals surface area contributed by atoms with Crippen LogP contribution in [0.4, 0.5) is 5.69 Å². The molecule has 1 fully saturated rings. The number of esters is 2. The van der Waals surface area contributed by atoms with Crippen LogP contribution < -0.4 is 9.64 Å². The number of carbonyl (C=O) groups excluding carboxylic acids is 3. The zero-order valence-electron chi connectivity index (χ0n) is 17.9. The molecule has 0 spiro atoms. The molecule has 1 aromatic carbocycles. The maximum atomic E-state index is 12.8. The van der Waals surface area contributed by atoms with Gasteiger partial charge in [-0.2, -0.15) is 0 Å². The van der Waals surface area contributed by atoms with Gasteiger partial charge in [-0.25, -0.2) is 14.6 Å². The third-order valence-corrected chi connectivity index (χ3v) is 5.09. The molecule has 0 saturated carbocycles. The van der Waals surface area contributed by atoms with Crippen LogP contribution in [0.3, 0.4) is 0 Å². The molecule has 0 N–H and O–H groups in total. The zero-order valence-corrected chi connectivity index (χ0v) is 17.9. The van der Waals surface area contributed by atoms with E-state index in [9.17, 15) is 14.4 Å². The van der Waals surface area contributed by atoms with E-state index >= 15 is 0 Å². The van der Waals surface area contributed by atoms with Crippen LogP contribution in [-0.2, 0) is 30.3 Å². The molecule has 31 heavy (non-hydrogen) atoms. The van der Waals surface area contributed by atoms with Gasteiger partial charge in [0.2, 0.25) is 17.3 Å². The smallest absolute Gasteiger partial charge is 0.344 e. The van der Waals surface area contributed by atoms with Gasteiger partial charge in [0.05, 0.1) is 25.1 Å². The quantitative estimate of drug-likeness (QED) is 0.471. The summed E-state index contributed by atoms with van der Waals surface area (Å²) in [6.45, 7) is 5.49. The lowest BCUT2D eigenvalue weighted by Crippen LogP contribution is -2.59. The largest absolute Gasteiger partial charge is 0.464 e. The minimum atomic E-state index is -1.86. The standard InChI is InChI=1S/C23H26N2O6/c1-4-16-7-10-18(11-8-16)31-19-12-9-17(15-24-19)25-20(26)13-14-23(25,21(27)29-5-2)22(28)30-6-3/h7-12,15H,4-6,13-14H2,1-3H3. The van der Waals surface area contributed by atoms with E-state index in [1.54, 1.807) is 26.0 Å². The first-order valence-corrected chi connectivity index (χ1v) is 10.4. The fourth-order valence-corrected chi connectivity index (χ4v) is 3.54. The van der Waals surface area contributed by atoms with Crippen LogP contribution in [0.15, 0.2) is 42.6 Å². The first-order valence-electron chi connectivity index (χ1n) is 10.4. The molecule has 8 heteroatoms. The Morgan fingerprint density at radius 1 is 1.00 bits per heavy atom. The highest BCUT2D eigenvalue weighted by Gasteiger charge is 2.60. The van der Waals surface area contributed by atoms with Crippen molar-refractivity contribution in [1.82, 2.24) is 4.98 Å². The van der Waals surface area contributed by atoms with Crippen LogP contribution in [0.1, 0.15) is 39.2 Å². The molecule has 0 atom stereocenters. The van der Waals surface area contributed by atoms with E-state index in [-0.39, 0.29) is 37.6 Å². The second-order valence-electron chi connectivity index (χ2n) is 6.98. The van der Waals surface area contributed by atoms with Gasteiger partial charge in [-0.05, 0) is 44.0 Å². The summed E-state index contributed by atoms with van der Waals surface area (Å²) in [6, 6.07) is 10.8. The topological polar surface area (TPSA) is 95.0 Å². The average Bonchev–Trinajstić information content (AvgIpc) is 3.13. The molecule has 1 saturated heterocycles. The van der Waals surface area contributed by atoms with Gasteiger partial charge in [-0.15, -0.1) is 0 Å². The van der Waals surface area contributed by atoms with Crippen molar-refractivity contribution < 1.29 is 28.6 Å². The SMILES string of the molecule is CCOC(=O)C1(C(=O)OCC)CCC(=O)N1c1ccc(Oc2ccc(CC)cc2)nc1. The van der Waals surface area contributed by atoms with Crippen molar-refractivity contribution in [2.75, 3.05) is 18.1 Å². The number of aryl methyl sites for hydroxylation is 1. The Morgan fingerprint density at radius 3 is 2.16 bits per heavy atom. The number of hydrogen-bond donors (Lipinski definition) is 0. The van der Waals surface area contributed by atoms with Gasteiger partial charge < -0.3 is 14.2 Å². The molecule has 164 valence electrons. The number of ether oxygens (including phenoxy) is 3. The number of nitrogens with zero attached hydrogens (tertiary/aromatic N) is 2. The van der Waals surface area contributed by atoms with E-state index in [1.165, 1.54) is 11.8 Å². The third-order valence-electron chi connectivity index (χ3n) is 5.09. The molecular weight excluding hydrogens is 400 g/mol. The molecule has 1 aromatic heterocycles. The van der Waals surface area contributed by atoms with Crippen LogP contribution in [0.25, 0.3) is 0 Å². The Balaban J connectivity index is 1.89. The second kappa shape index (κ2) is 9.59. The molecule has 1 aliphatic rings. The van der Waals surface area contributed by atoms with Crippen LogP contribution in [-0.4, -0.2) is 41.6 Å². The van der Waals surface area contributed by atoms with Gasteiger partial charge in [0.15, 0.2) is 0 Å². The first-order chi connectivity index (χ1) is 15.0. The van der Waals surface area contributed by atoms with Gasteiger partial charge in [0, 0.05) is 18.9 Å². The van der Waals surface area contributed by atoms with Crippen molar-refractivity contribution >= 4 is 23.5 Å². The van der Waals surface area contributed by atoms with Crippen molar-refractivity contribution in [3.8, 4) is 11.6 Å². The van der Waals surface area contributed by atoms with Gasteiger partial charge in [0.25, 0.3) is 0 Å². The summed E-state index contributed by atoms with van der Waals surface area (Å²) in [7, 11) is 0. The highest BCUT2D eigenvalue weighted by Crippen LogP contribution is 2.38. The lowest BCUT2D eigenvalue weighted by molar-refractivity contribution is -0.164. The van der Waals surface area contributed by atoms with Gasteiger partial charge in [0.1, 0.15) is 5.75 Å². The third kappa shape index (κ3) is 4.38. The minimum Gasteiger partial charge on any atom is -0.464 e. The predicted octanol–water partition coefficient (Wildman–Crippen LogP) is 3.43. The summed E-state index contributed by atoms with van der Waals surface area (Å²) < 4.78 is 16.0. The van der Waals surface area contributed by atoms with E-state index in [0.717, 1.165) is 11.3 Å². The van der Waals surface area contributed by atoms with Crippen LogP contribution in [0.2, 0.25) is 0 Å². The van der Waals surface area contributed by atoms with E-state index in [1.807, 2.05) is 24.3 Å². The lowest BCUT2D eigenvalue weighted by atomic mass is 9.95. The lowest BCUT2D eigenvalue weighted by Gasteiger charge is -2.33. The van der Waals surface area contributed by atoms with Crippen molar-refractivity contribution in [1.29, 1.82) is 0 Å². The number of aromatic nitrogens is 1. The average molecular weight is 426 g/mol. The number of benzene rings is 1. The van der Waals surface area contributed by atoms with Crippen molar-refractivity contribution in [3.63, 3.8) is 0 Å². The molecular formula is C23H26N2O6. The van der Waals surface area contributed by atoms with Crippen molar-refractivity contribution in [2.24, 2.45) is 0 Å². The molecule has 0 bridgehead atoms. The Bertz CT molecular complexity index is 922. The maximum absolute atomic E-state index is 12.8. The minimum absolute atomic E-state index is 0.0135. The summed E-state index contributed by atoms with van der Waals surface area (Å²) >= 11 is 0. The molecule has 0 aliphatic carbocycles. The molecule has 2 heterocycles. The number of carbonyl (C=O) groups is 3. The normalized spacial score (nSPS) is 14.9. The molecule has 3 rings (SSSR count). The summed E-state index contributed by atoms with van der Waals surface area (Å²) in [5.74, 6) is -1.06. The van der Waals surface area contributed by atoms with Crippen molar-refractivity contribution in [3.05, 3.63) is 48.2 Å². The fraction of sp³-hybridized carbons (Fsp3) is 0.391.